The van der Waals surface area contributed by atoms with Crippen LogP contribution >= 0.6 is 24.8 Å². The van der Waals surface area contributed by atoms with Crippen LogP contribution in [-0.2, 0) is 0 Å². The van der Waals surface area contributed by atoms with E-state index in [4.69, 9.17) is 5.73 Å². The maximum atomic E-state index is 12.3. The molecule has 4 nitrogen and oxygen atoms in total. The Morgan fingerprint density at radius 2 is 1.73 bits per heavy atom. The summed E-state index contributed by atoms with van der Waals surface area (Å²) in [6, 6.07) is 6.59. The van der Waals surface area contributed by atoms with Crippen molar-refractivity contribution < 1.29 is 18.0 Å². The molecule has 0 aromatic heterocycles. The molecule has 22 heavy (non-hydrogen) atoms. The maximum Gasteiger partial charge on any atom is 0.401 e. The normalized spacial score (nSPS) is 15.7. The van der Waals surface area contributed by atoms with Gasteiger partial charge >= 0.3 is 6.18 Å². The van der Waals surface area contributed by atoms with Crippen molar-refractivity contribution >= 4 is 36.4 Å². The molecule has 1 fully saturated rings. The third kappa shape index (κ3) is 5.90. The largest absolute Gasteiger partial charge is 0.401 e. The van der Waals surface area contributed by atoms with Gasteiger partial charge in [-0.1, -0.05) is 6.07 Å². The average molecular weight is 360 g/mol. The van der Waals surface area contributed by atoms with Crippen molar-refractivity contribution in [3.05, 3.63) is 29.8 Å². The van der Waals surface area contributed by atoms with Crippen LogP contribution in [0.2, 0.25) is 0 Å². The topological polar surface area (TPSA) is 49.6 Å². The molecule has 0 saturated carbocycles. The van der Waals surface area contributed by atoms with Gasteiger partial charge in [-0.25, -0.2) is 0 Å². The van der Waals surface area contributed by atoms with Gasteiger partial charge in [-0.3, -0.25) is 9.69 Å². The molecule has 9 heteroatoms. The quantitative estimate of drug-likeness (QED) is 0.825. The summed E-state index contributed by atoms with van der Waals surface area (Å²) in [5, 5.41) is 0. The number of nitrogen functional groups attached to an aromatic ring is 1. The number of alkyl halides is 3. The fourth-order valence-corrected chi connectivity index (χ4v) is 2.22. The number of carbonyl (C=O) groups excluding carboxylic acids is 1. The number of rotatable bonds is 2. The van der Waals surface area contributed by atoms with Gasteiger partial charge in [0, 0.05) is 37.4 Å². The zero-order valence-electron chi connectivity index (χ0n) is 11.7. The highest BCUT2D eigenvalue weighted by molar-refractivity contribution is 5.95. The highest BCUT2D eigenvalue weighted by Crippen LogP contribution is 2.18. The van der Waals surface area contributed by atoms with E-state index in [1.54, 1.807) is 29.2 Å². The van der Waals surface area contributed by atoms with Gasteiger partial charge in [0.25, 0.3) is 5.91 Å². The molecule has 1 amide bonds. The highest BCUT2D eigenvalue weighted by atomic mass is 35.5. The maximum absolute atomic E-state index is 12.3. The first-order valence-corrected chi connectivity index (χ1v) is 6.29. The third-order valence-electron chi connectivity index (χ3n) is 3.20. The fourth-order valence-electron chi connectivity index (χ4n) is 2.22. The van der Waals surface area contributed by atoms with E-state index in [1.165, 1.54) is 4.90 Å². The average Bonchev–Trinajstić information content (AvgIpc) is 2.37. The molecule has 1 aliphatic heterocycles. The number of carbonyl (C=O) groups is 1. The number of piperazine rings is 1. The van der Waals surface area contributed by atoms with Gasteiger partial charge in [-0.05, 0) is 18.2 Å². The minimum Gasteiger partial charge on any atom is -0.399 e. The molecule has 0 aliphatic carbocycles. The standard InChI is InChI=1S/C13H16F3N3O.2ClH/c14-13(15,16)9-18-4-6-19(7-5-18)12(20)10-2-1-3-11(17)8-10;;/h1-3,8H,4-7,9,17H2;2*1H. The molecule has 1 aromatic carbocycles. The third-order valence-corrected chi connectivity index (χ3v) is 3.20. The molecule has 0 atom stereocenters. The van der Waals surface area contributed by atoms with E-state index in [0.29, 0.717) is 24.3 Å². The number of benzene rings is 1. The summed E-state index contributed by atoms with van der Waals surface area (Å²) in [6.45, 7) is 0.127. The van der Waals surface area contributed by atoms with Crippen molar-refractivity contribution in [3.8, 4) is 0 Å². The zero-order valence-corrected chi connectivity index (χ0v) is 13.3. The highest BCUT2D eigenvalue weighted by Gasteiger charge is 2.32. The minimum atomic E-state index is -4.19. The first-order valence-electron chi connectivity index (χ1n) is 6.29. The summed E-state index contributed by atoms with van der Waals surface area (Å²) in [6.07, 6.45) is -4.19. The van der Waals surface area contributed by atoms with Crippen molar-refractivity contribution in [3.63, 3.8) is 0 Å². The van der Waals surface area contributed by atoms with Gasteiger partial charge in [0.15, 0.2) is 0 Å². The molecule has 1 aromatic rings. The molecule has 1 aliphatic rings. The molecule has 0 unspecified atom stereocenters. The molecule has 2 rings (SSSR count). The number of amides is 1. The number of nitrogens with zero attached hydrogens (tertiary/aromatic N) is 2. The second-order valence-electron chi connectivity index (χ2n) is 4.81. The summed E-state index contributed by atoms with van der Waals surface area (Å²) in [5.74, 6) is -0.191. The summed E-state index contributed by atoms with van der Waals surface area (Å²) in [5.41, 5.74) is 6.57. The molecule has 0 radical (unpaired) electrons. The number of anilines is 1. The lowest BCUT2D eigenvalue weighted by molar-refractivity contribution is -0.148. The van der Waals surface area contributed by atoms with E-state index in [-0.39, 0.29) is 43.8 Å². The first-order chi connectivity index (χ1) is 9.35. The summed E-state index contributed by atoms with van der Waals surface area (Å²) in [7, 11) is 0. The molecular formula is C13H18Cl2F3N3O. The van der Waals surface area contributed by atoms with Crippen molar-refractivity contribution in [1.29, 1.82) is 0 Å². The van der Waals surface area contributed by atoms with Crippen molar-refractivity contribution in [2.75, 3.05) is 38.5 Å². The lowest BCUT2D eigenvalue weighted by Gasteiger charge is -2.35. The van der Waals surface area contributed by atoms with Crippen LogP contribution < -0.4 is 5.73 Å². The van der Waals surface area contributed by atoms with E-state index in [2.05, 4.69) is 0 Å². The molecule has 1 heterocycles. The van der Waals surface area contributed by atoms with Crippen LogP contribution in [0.15, 0.2) is 24.3 Å². The molecule has 126 valence electrons. The van der Waals surface area contributed by atoms with Gasteiger partial charge in [-0.2, -0.15) is 13.2 Å². The predicted octanol–water partition coefficient (Wildman–Crippen LogP) is 2.43. The van der Waals surface area contributed by atoms with Gasteiger partial charge in [0.05, 0.1) is 6.54 Å². The number of halogens is 5. The van der Waals surface area contributed by atoms with Crippen LogP contribution in [0.4, 0.5) is 18.9 Å². The van der Waals surface area contributed by atoms with Gasteiger partial charge < -0.3 is 10.6 Å². The fraction of sp³-hybridized carbons (Fsp3) is 0.462. The van der Waals surface area contributed by atoms with E-state index < -0.39 is 12.7 Å². The monoisotopic (exact) mass is 359 g/mol. The smallest absolute Gasteiger partial charge is 0.399 e. The first kappa shape index (κ1) is 20.8. The Labute approximate surface area is 139 Å². The molecule has 0 spiro atoms. The molecule has 2 N–H and O–H groups in total. The number of hydrogen-bond acceptors (Lipinski definition) is 3. The Kier molecular flexibility index (Phi) is 8.00. The van der Waals surface area contributed by atoms with Crippen LogP contribution in [0.3, 0.4) is 0 Å². The van der Waals surface area contributed by atoms with Crippen LogP contribution in [0.1, 0.15) is 10.4 Å². The Bertz CT molecular complexity index is 492. The second-order valence-corrected chi connectivity index (χ2v) is 4.81. The van der Waals surface area contributed by atoms with Gasteiger partial charge in [0.2, 0.25) is 0 Å². The Hall–Kier alpha value is -1.18. The minimum absolute atomic E-state index is 0. The Morgan fingerprint density at radius 3 is 2.23 bits per heavy atom. The molecule has 0 bridgehead atoms. The summed E-state index contributed by atoms with van der Waals surface area (Å²) >= 11 is 0. The van der Waals surface area contributed by atoms with E-state index in [0.717, 1.165) is 0 Å². The lowest BCUT2D eigenvalue weighted by Crippen LogP contribution is -2.50. The lowest BCUT2D eigenvalue weighted by atomic mass is 10.1. The van der Waals surface area contributed by atoms with Crippen molar-refractivity contribution in [2.45, 2.75) is 6.18 Å². The van der Waals surface area contributed by atoms with Crippen molar-refractivity contribution in [1.82, 2.24) is 9.80 Å². The van der Waals surface area contributed by atoms with Gasteiger partial charge in [0.1, 0.15) is 0 Å². The number of hydrogen-bond donors (Lipinski definition) is 1. The van der Waals surface area contributed by atoms with Crippen LogP contribution in [0.25, 0.3) is 0 Å². The van der Waals surface area contributed by atoms with Crippen LogP contribution in [0, 0.1) is 0 Å². The second kappa shape index (κ2) is 8.45. The van der Waals surface area contributed by atoms with E-state index in [9.17, 15) is 18.0 Å². The van der Waals surface area contributed by atoms with Gasteiger partial charge in [-0.15, -0.1) is 24.8 Å². The molecular weight excluding hydrogens is 342 g/mol. The molecule has 1 saturated heterocycles. The Balaban J connectivity index is 0.00000220. The van der Waals surface area contributed by atoms with E-state index >= 15 is 0 Å². The predicted molar refractivity (Wildman–Crippen MR) is 83.7 cm³/mol. The number of nitrogens with two attached hydrogens (primary N) is 1. The summed E-state index contributed by atoms with van der Waals surface area (Å²) in [4.78, 5) is 15.0. The zero-order chi connectivity index (χ0) is 14.8. The van der Waals surface area contributed by atoms with Crippen LogP contribution in [-0.4, -0.2) is 54.6 Å². The van der Waals surface area contributed by atoms with Crippen LogP contribution in [0.5, 0.6) is 0 Å². The SMILES string of the molecule is Cl.Cl.Nc1cccc(C(=O)N2CCN(CC(F)(F)F)CC2)c1. The van der Waals surface area contributed by atoms with E-state index in [1.807, 2.05) is 0 Å². The Morgan fingerprint density at radius 1 is 1.14 bits per heavy atom. The summed E-state index contributed by atoms with van der Waals surface area (Å²) < 4.78 is 36.8. The van der Waals surface area contributed by atoms with Crippen molar-refractivity contribution in [2.24, 2.45) is 0 Å².